The monoisotopic (exact) mass is 539 g/mol. The maximum atomic E-state index is 12.1. The average molecular weight is 539 g/mol. The Bertz CT molecular complexity index is 973. The molecule has 2 aromatic rings. The number of aromatic hydroxyl groups is 1. The number of benzene rings is 2. The van der Waals surface area contributed by atoms with Crippen molar-refractivity contribution >= 4 is 31.3 Å². The summed E-state index contributed by atoms with van der Waals surface area (Å²) in [5.74, 6) is 0.238. The standard InChI is InChI=1S/C24H35N3O5P3/c1-6-17-24(7-2,33-26(3)25-19-21-10-14-23(28)15-11-21)22-12-8-20(9-13-22)16-18-27(34(29)31-4)35(30)32-5/h8-15,19,33H,6-7,16-18H2,1-5H3/q+1/p+1. The van der Waals surface area contributed by atoms with Gasteiger partial charge in [-0.3, -0.25) is 4.78 Å². The number of hydrazone groups is 1. The summed E-state index contributed by atoms with van der Waals surface area (Å²) >= 11 is 0. The highest BCUT2D eigenvalue weighted by molar-refractivity contribution is 7.52. The summed E-state index contributed by atoms with van der Waals surface area (Å²) in [5, 5.41) is 14.1. The highest BCUT2D eigenvalue weighted by Gasteiger charge is 2.47. The van der Waals surface area contributed by atoms with Gasteiger partial charge in [-0.05, 0) is 69.3 Å². The van der Waals surface area contributed by atoms with Crippen LogP contribution in [0.25, 0.3) is 0 Å². The lowest BCUT2D eigenvalue weighted by atomic mass is 9.90. The number of rotatable bonds is 15. The lowest BCUT2D eigenvalue weighted by Crippen LogP contribution is -2.23. The van der Waals surface area contributed by atoms with Crippen LogP contribution in [0.15, 0.2) is 53.6 Å². The number of phenols is 1. The van der Waals surface area contributed by atoms with Gasteiger partial charge in [-0.25, -0.2) is 0 Å². The maximum absolute atomic E-state index is 12.1. The Balaban J connectivity index is 2.14. The van der Waals surface area contributed by atoms with Crippen LogP contribution < -0.4 is 0 Å². The van der Waals surface area contributed by atoms with Crippen molar-refractivity contribution in [2.75, 3.05) is 27.8 Å². The molecular formula is C24H36N3O5P3+2. The molecule has 0 aliphatic rings. The first-order valence-corrected chi connectivity index (χ1v) is 14.7. The molecule has 2 aromatic carbocycles. The van der Waals surface area contributed by atoms with Crippen molar-refractivity contribution < 1.29 is 23.3 Å². The van der Waals surface area contributed by atoms with E-state index in [1.165, 1.54) is 24.2 Å². The van der Waals surface area contributed by atoms with Gasteiger partial charge < -0.3 is 5.11 Å². The van der Waals surface area contributed by atoms with Gasteiger partial charge in [-0.2, -0.15) is 5.10 Å². The Morgan fingerprint density at radius 2 is 1.63 bits per heavy atom. The van der Waals surface area contributed by atoms with Crippen LogP contribution in [0.2, 0.25) is 0 Å². The zero-order valence-electron chi connectivity index (χ0n) is 21.0. The Labute approximate surface area is 212 Å². The summed E-state index contributed by atoms with van der Waals surface area (Å²) in [6, 6.07) is 15.5. The van der Waals surface area contributed by atoms with Crippen molar-refractivity contribution in [2.45, 2.75) is 44.7 Å². The number of nitrogens with zero attached hydrogens (tertiary/aromatic N) is 3. The van der Waals surface area contributed by atoms with Gasteiger partial charge in [0.1, 0.15) is 12.3 Å². The Morgan fingerprint density at radius 3 is 2.14 bits per heavy atom. The van der Waals surface area contributed by atoms with E-state index < -0.39 is 16.4 Å². The Morgan fingerprint density at radius 1 is 1.03 bits per heavy atom. The van der Waals surface area contributed by atoms with Gasteiger partial charge in [0.2, 0.25) is 0 Å². The Hall–Kier alpha value is -1.78. The molecule has 0 saturated heterocycles. The number of hydrogen-bond donors (Lipinski definition) is 1. The van der Waals surface area contributed by atoms with E-state index in [2.05, 4.69) is 43.2 Å². The summed E-state index contributed by atoms with van der Waals surface area (Å²) in [7, 11) is 0.687. The van der Waals surface area contributed by atoms with Crippen molar-refractivity contribution in [2.24, 2.45) is 5.10 Å². The van der Waals surface area contributed by atoms with E-state index >= 15 is 0 Å². The summed E-state index contributed by atoms with van der Waals surface area (Å²) in [5.41, 5.74) is 3.25. The first-order valence-electron chi connectivity index (χ1n) is 11.5. The predicted molar refractivity (Wildman–Crippen MR) is 145 cm³/mol. The maximum Gasteiger partial charge on any atom is 0.662 e. The first-order chi connectivity index (χ1) is 16.8. The molecule has 0 bridgehead atoms. The largest absolute Gasteiger partial charge is 0.662 e. The third kappa shape index (κ3) is 8.68. The molecule has 0 spiro atoms. The van der Waals surface area contributed by atoms with E-state index in [1.54, 1.807) is 12.1 Å². The molecule has 4 unspecified atom stereocenters. The van der Waals surface area contributed by atoms with Crippen LogP contribution in [0, 0.1) is 0 Å². The van der Waals surface area contributed by atoms with E-state index in [0.29, 0.717) is 21.7 Å². The van der Waals surface area contributed by atoms with Gasteiger partial charge in [0.25, 0.3) is 0 Å². The minimum absolute atomic E-state index is 0.0286. The SMILES string of the molecule is CCCC(CC)(PN(C)/N=C/c1ccc(O)cc1)c1ccc(CCN([P+](=O)OC)[P+](=O)OC)cc1. The van der Waals surface area contributed by atoms with Crippen LogP contribution in [0.4, 0.5) is 0 Å². The predicted octanol–water partition coefficient (Wildman–Crippen LogP) is 6.81. The molecule has 190 valence electrons. The summed E-state index contributed by atoms with van der Waals surface area (Å²) in [6.45, 7) is 4.72. The molecule has 0 radical (unpaired) electrons. The van der Waals surface area contributed by atoms with E-state index in [-0.39, 0.29) is 10.9 Å². The van der Waals surface area contributed by atoms with Crippen molar-refractivity contribution in [1.82, 2.24) is 9.22 Å². The molecule has 0 aliphatic carbocycles. The van der Waals surface area contributed by atoms with Crippen molar-refractivity contribution in [1.29, 1.82) is 0 Å². The highest BCUT2D eigenvalue weighted by Crippen LogP contribution is 2.50. The van der Waals surface area contributed by atoms with Gasteiger partial charge in [-0.15, -0.1) is 9.05 Å². The summed E-state index contributed by atoms with van der Waals surface area (Å²) < 4.78 is 37.1. The molecule has 8 nitrogen and oxygen atoms in total. The van der Waals surface area contributed by atoms with Gasteiger partial charge in [0.05, 0.1) is 20.4 Å². The molecule has 0 fully saturated rings. The number of phenolic OH excluding ortho intramolecular Hbond substituents is 1. The molecule has 11 heteroatoms. The highest BCUT2D eigenvalue weighted by atomic mass is 31.2. The van der Waals surface area contributed by atoms with Gasteiger partial charge >= 0.3 is 16.4 Å². The summed E-state index contributed by atoms with van der Waals surface area (Å²) in [4.78, 5) is 0. The molecule has 1 N–H and O–H groups in total. The van der Waals surface area contributed by atoms with Crippen LogP contribution in [0.1, 0.15) is 49.8 Å². The van der Waals surface area contributed by atoms with Crippen molar-refractivity contribution in [3.05, 3.63) is 65.2 Å². The fourth-order valence-corrected chi connectivity index (χ4v) is 7.20. The van der Waals surface area contributed by atoms with Gasteiger partial charge in [-0.1, -0.05) is 44.5 Å². The van der Waals surface area contributed by atoms with E-state index in [1.807, 2.05) is 30.2 Å². The molecule has 0 amide bonds. The topological polar surface area (TPSA) is 91.7 Å². The third-order valence-corrected chi connectivity index (χ3v) is 10.1. The molecular weight excluding hydrogens is 503 g/mol. The second kappa shape index (κ2) is 14.7. The molecule has 0 aromatic heterocycles. The first kappa shape index (κ1) is 29.5. The van der Waals surface area contributed by atoms with Crippen molar-refractivity contribution in [3.63, 3.8) is 0 Å². The van der Waals surface area contributed by atoms with Crippen LogP contribution in [0.3, 0.4) is 0 Å². The molecule has 0 heterocycles. The fraction of sp³-hybridized carbons (Fsp3) is 0.458. The number of hydrogen-bond acceptors (Lipinski definition) is 7. The van der Waals surface area contributed by atoms with E-state index in [4.69, 9.17) is 9.05 Å². The third-order valence-electron chi connectivity index (χ3n) is 5.73. The smallest absolute Gasteiger partial charge is 0.508 e. The molecule has 4 atom stereocenters. The molecule has 35 heavy (non-hydrogen) atoms. The second-order valence-electron chi connectivity index (χ2n) is 8.04. The minimum atomic E-state index is -2.20. The molecule has 0 saturated carbocycles. The summed E-state index contributed by atoms with van der Waals surface area (Å²) in [6.07, 6.45) is 5.45. The fourth-order valence-electron chi connectivity index (χ4n) is 3.83. The minimum Gasteiger partial charge on any atom is -0.508 e. The van der Waals surface area contributed by atoms with Crippen LogP contribution >= 0.6 is 25.1 Å². The zero-order valence-corrected chi connectivity index (χ0v) is 23.8. The molecule has 0 aliphatic heterocycles. The lowest BCUT2D eigenvalue weighted by Gasteiger charge is -2.36. The normalized spacial score (nSPS) is 14.6. The molecule has 2 rings (SSSR count). The lowest BCUT2D eigenvalue weighted by molar-refractivity contribution is 0.343. The van der Waals surface area contributed by atoms with Crippen molar-refractivity contribution in [3.8, 4) is 5.75 Å². The van der Waals surface area contributed by atoms with E-state index in [9.17, 15) is 14.2 Å². The second-order valence-corrected chi connectivity index (χ2v) is 12.8. The average Bonchev–Trinajstić information content (AvgIpc) is 2.88. The van der Waals surface area contributed by atoms with Crippen LogP contribution in [-0.2, 0) is 29.8 Å². The van der Waals surface area contributed by atoms with Gasteiger partial charge in [0, 0.05) is 20.9 Å². The van der Waals surface area contributed by atoms with E-state index in [0.717, 1.165) is 30.4 Å². The van der Waals surface area contributed by atoms with Crippen LogP contribution in [0.5, 0.6) is 5.75 Å². The Kier molecular flexibility index (Phi) is 12.4. The van der Waals surface area contributed by atoms with Gasteiger partial charge in [0.15, 0.2) is 4.44 Å². The zero-order chi connectivity index (χ0) is 25.8. The van der Waals surface area contributed by atoms with Crippen LogP contribution in [-0.4, -0.2) is 48.4 Å². The quantitative estimate of drug-likeness (QED) is 0.151.